The van der Waals surface area contributed by atoms with E-state index in [0.29, 0.717) is 17.6 Å². The topological polar surface area (TPSA) is 57.5 Å². The van der Waals surface area contributed by atoms with Gasteiger partial charge in [-0.2, -0.15) is 4.39 Å². The third kappa shape index (κ3) is 4.60. The summed E-state index contributed by atoms with van der Waals surface area (Å²) in [6.07, 6.45) is 4.45. The summed E-state index contributed by atoms with van der Waals surface area (Å²) >= 11 is 0. The fourth-order valence-electron chi connectivity index (χ4n) is 3.87. The molecular formula is C24H30F2O3. The number of phenolic OH excluding ortho intramolecular Hbond substituents is 1. The monoisotopic (exact) mass is 404 g/mol. The number of rotatable bonds is 5. The van der Waals surface area contributed by atoms with Crippen molar-refractivity contribution in [2.45, 2.75) is 71.6 Å². The van der Waals surface area contributed by atoms with Gasteiger partial charge in [0.2, 0.25) is 5.83 Å². The highest BCUT2D eigenvalue weighted by Crippen LogP contribution is 2.48. The lowest BCUT2D eigenvalue weighted by Gasteiger charge is -2.42. The fraction of sp³-hybridized carbons (Fsp3) is 0.458. The summed E-state index contributed by atoms with van der Waals surface area (Å²) in [4.78, 5) is 10.7. The molecule has 0 atom stereocenters. The summed E-state index contributed by atoms with van der Waals surface area (Å²) in [5, 5.41) is 19.4. The van der Waals surface area contributed by atoms with Gasteiger partial charge in [0.25, 0.3) is 0 Å². The molecule has 2 rings (SSSR count). The number of allylic oxidation sites excluding steroid dienone is 5. The van der Waals surface area contributed by atoms with Gasteiger partial charge in [-0.15, -0.1) is 0 Å². The molecule has 0 saturated heterocycles. The zero-order chi connectivity index (χ0) is 22.1. The molecular weight excluding hydrogens is 374 g/mol. The van der Waals surface area contributed by atoms with Gasteiger partial charge in [0.05, 0.1) is 0 Å². The molecule has 1 aliphatic rings. The van der Waals surface area contributed by atoms with Crippen LogP contribution < -0.4 is 0 Å². The van der Waals surface area contributed by atoms with E-state index in [-0.39, 0.29) is 22.2 Å². The van der Waals surface area contributed by atoms with E-state index in [1.54, 1.807) is 13.0 Å². The fourth-order valence-corrected chi connectivity index (χ4v) is 3.87. The van der Waals surface area contributed by atoms with E-state index in [0.717, 1.165) is 36.1 Å². The van der Waals surface area contributed by atoms with Crippen LogP contribution in [0.1, 0.15) is 77.5 Å². The lowest BCUT2D eigenvalue weighted by molar-refractivity contribution is -0.134. The van der Waals surface area contributed by atoms with E-state index in [1.165, 1.54) is 6.92 Å². The Morgan fingerprint density at radius 3 is 2.07 bits per heavy atom. The standard InChI is InChI=1S/C24H30F2O3/c1-7-15(19(25)9-8-14(2)21(26)22(28)29)16-12-17-18(13-20(16)27)24(5,6)11-10-23(17,3)4/h8-9,12-13,27H,7,10-11H2,1-6H3,(H,28,29). The molecule has 3 nitrogen and oxygen atoms in total. The summed E-state index contributed by atoms with van der Waals surface area (Å²) in [7, 11) is 0. The number of carbonyl (C=O) groups is 1. The van der Waals surface area contributed by atoms with Crippen molar-refractivity contribution in [1.82, 2.24) is 0 Å². The highest BCUT2D eigenvalue weighted by molar-refractivity contribution is 5.85. The molecule has 0 aromatic heterocycles. The third-order valence-electron chi connectivity index (χ3n) is 5.95. The average Bonchev–Trinajstić information content (AvgIpc) is 2.64. The van der Waals surface area contributed by atoms with Gasteiger partial charge in [0.15, 0.2) is 0 Å². The number of phenols is 1. The molecule has 0 heterocycles. The smallest absolute Gasteiger partial charge is 0.365 e. The van der Waals surface area contributed by atoms with Crippen LogP contribution >= 0.6 is 0 Å². The zero-order valence-corrected chi connectivity index (χ0v) is 18.0. The first-order valence-electron chi connectivity index (χ1n) is 9.86. The van der Waals surface area contributed by atoms with Crippen LogP contribution in [0.3, 0.4) is 0 Å². The van der Waals surface area contributed by atoms with Crippen molar-refractivity contribution >= 4 is 11.5 Å². The minimum atomic E-state index is -1.69. The molecule has 5 heteroatoms. The SMILES string of the molecule is CCC(=C(F)C=CC(C)=C(F)C(=O)O)c1cc2c(cc1O)C(C)(C)CCC2(C)C. The Morgan fingerprint density at radius 1 is 1.07 bits per heavy atom. The Bertz CT molecular complexity index is 918. The van der Waals surface area contributed by atoms with Gasteiger partial charge in [-0.25, -0.2) is 9.18 Å². The highest BCUT2D eigenvalue weighted by atomic mass is 19.1. The molecule has 0 radical (unpaired) electrons. The average molecular weight is 404 g/mol. The summed E-state index contributed by atoms with van der Waals surface area (Å²) in [6, 6.07) is 3.62. The Kier molecular flexibility index (Phi) is 6.41. The van der Waals surface area contributed by atoms with E-state index < -0.39 is 17.6 Å². The van der Waals surface area contributed by atoms with Crippen LogP contribution in [0.2, 0.25) is 0 Å². The van der Waals surface area contributed by atoms with Crippen LogP contribution in [0.5, 0.6) is 5.75 Å². The van der Waals surface area contributed by atoms with E-state index in [1.807, 2.05) is 6.07 Å². The number of benzene rings is 1. The van der Waals surface area contributed by atoms with E-state index in [9.17, 15) is 18.7 Å². The molecule has 0 aliphatic heterocycles. The molecule has 29 heavy (non-hydrogen) atoms. The predicted octanol–water partition coefficient (Wildman–Crippen LogP) is 6.72. The van der Waals surface area contributed by atoms with Crippen molar-refractivity contribution in [3.8, 4) is 5.75 Å². The van der Waals surface area contributed by atoms with Gasteiger partial charge >= 0.3 is 5.97 Å². The highest BCUT2D eigenvalue weighted by Gasteiger charge is 2.38. The normalized spacial score (nSPS) is 19.4. The molecule has 0 saturated carbocycles. The van der Waals surface area contributed by atoms with Gasteiger partial charge in [0, 0.05) is 5.56 Å². The molecule has 0 bridgehead atoms. The zero-order valence-electron chi connectivity index (χ0n) is 18.0. The molecule has 158 valence electrons. The number of halogens is 2. The summed E-state index contributed by atoms with van der Waals surface area (Å²) < 4.78 is 28.4. The first kappa shape index (κ1) is 22.9. The summed E-state index contributed by atoms with van der Waals surface area (Å²) in [6.45, 7) is 11.6. The van der Waals surface area contributed by atoms with Gasteiger partial charge in [0.1, 0.15) is 11.6 Å². The molecule has 0 spiro atoms. The molecule has 0 fully saturated rings. The number of hydrogen-bond donors (Lipinski definition) is 2. The third-order valence-corrected chi connectivity index (χ3v) is 5.95. The first-order chi connectivity index (χ1) is 13.3. The van der Waals surface area contributed by atoms with Crippen LogP contribution in [0, 0.1) is 0 Å². The quantitative estimate of drug-likeness (QED) is 0.423. The van der Waals surface area contributed by atoms with E-state index in [4.69, 9.17) is 5.11 Å². The minimum absolute atomic E-state index is 0.0129. The van der Waals surface area contributed by atoms with Crippen molar-refractivity contribution in [3.05, 3.63) is 58.2 Å². The lowest BCUT2D eigenvalue weighted by atomic mass is 9.62. The minimum Gasteiger partial charge on any atom is -0.507 e. The molecule has 1 aromatic carbocycles. The number of hydrogen-bond acceptors (Lipinski definition) is 2. The maximum Gasteiger partial charge on any atom is 0.365 e. The van der Waals surface area contributed by atoms with Gasteiger partial charge in [-0.3, -0.25) is 0 Å². The number of aromatic hydroxyl groups is 1. The van der Waals surface area contributed by atoms with Crippen LogP contribution in [0.15, 0.2) is 41.5 Å². The second kappa shape index (κ2) is 8.13. The molecule has 0 unspecified atom stereocenters. The summed E-state index contributed by atoms with van der Waals surface area (Å²) in [5.74, 6) is -3.63. The Hall–Kier alpha value is -2.43. The maximum atomic E-state index is 14.9. The van der Waals surface area contributed by atoms with Crippen LogP contribution in [-0.2, 0) is 15.6 Å². The van der Waals surface area contributed by atoms with Crippen LogP contribution in [0.25, 0.3) is 5.57 Å². The number of fused-ring (bicyclic) bond motifs is 1. The van der Waals surface area contributed by atoms with Gasteiger partial charge in [-0.1, -0.05) is 40.7 Å². The Morgan fingerprint density at radius 2 is 1.59 bits per heavy atom. The summed E-state index contributed by atoms with van der Waals surface area (Å²) in [5.41, 5.74) is 2.53. The van der Waals surface area contributed by atoms with Crippen LogP contribution in [0.4, 0.5) is 8.78 Å². The van der Waals surface area contributed by atoms with E-state index >= 15 is 0 Å². The Balaban J connectivity index is 2.61. The number of carboxylic acids is 1. The van der Waals surface area contributed by atoms with Gasteiger partial charge in [-0.05, 0) is 77.5 Å². The lowest BCUT2D eigenvalue weighted by Crippen LogP contribution is -2.33. The van der Waals surface area contributed by atoms with E-state index in [2.05, 4.69) is 27.7 Å². The van der Waals surface area contributed by atoms with Crippen molar-refractivity contribution in [2.75, 3.05) is 0 Å². The largest absolute Gasteiger partial charge is 0.507 e. The van der Waals surface area contributed by atoms with Crippen molar-refractivity contribution < 1.29 is 23.8 Å². The number of carboxylic acid groups (broad SMARTS) is 1. The second-order valence-corrected chi connectivity index (χ2v) is 9.00. The molecule has 1 aromatic rings. The maximum absolute atomic E-state index is 14.9. The first-order valence-corrected chi connectivity index (χ1v) is 9.86. The molecule has 0 amide bonds. The van der Waals surface area contributed by atoms with Crippen molar-refractivity contribution in [2.24, 2.45) is 0 Å². The van der Waals surface area contributed by atoms with Crippen molar-refractivity contribution in [3.63, 3.8) is 0 Å². The predicted molar refractivity (Wildman–Crippen MR) is 112 cm³/mol. The molecule has 1 aliphatic carbocycles. The molecule has 2 N–H and O–H groups in total. The van der Waals surface area contributed by atoms with Crippen LogP contribution in [-0.4, -0.2) is 16.2 Å². The Labute approximate surface area is 171 Å². The van der Waals surface area contributed by atoms with Crippen molar-refractivity contribution in [1.29, 1.82) is 0 Å². The van der Waals surface area contributed by atoms with Gasteiger partial charge < -0.3 is 10.2 Å². The number of aliphatic carboxylic acids is 1. The second-order valence-electron chi connectivity index (χ2n) is 9.00.